The molecule has 0 aliphatic heterocycles. The number of ether oxygens (including phenoxy) is 1. The standard InChI is InChI=1S/C17H19ClN2O2/c1-11-10-13(18)4-9-16(11)19-12(2)17(21)20-14-5-7-15(22-3)8-6-14/h4-10,12,19H,1-3H3,(H,20,21)/t12-/m1/s1. The van der Waals surface area contributed by atoms with Crippen molar-refractivity contribution in [3.8, 4) is 5.75 Å². The summed E-state index contributed by atoms with van der Waals surface area (Å²) in [7, 11) is 1.61. The molecule has 0 aliphatic carbocycles. The van der Waals surface area contributed by atoms with Gasteiger partial charge in [0.05, 0.1) is 7.11 Å². The fourth-order valence-electron chi connectivity index (χ4n) is 2.01. The fourth-order valence-corrected chi connectivity index (χ4v) is 2.24. The summed E-state index contributed by atoms with van der Waals surface area (Å²) < 4.78 is 5.09. The molecule has 0 aromatic heterocycles. The van der Waals surface area contributed by atoms with Gasteiger partial charge in [0, 0.05) is 16.4 Å². The van der Waals surface area contributed by atoms with E-state index in [2.05, 4.69) is 10.6 Å². The highest BCUT2D eigenvalue weighted by atomic mass is 35.5. The molecule has 0 bridgehead atoms. The van der Waals surface area contributed by atoms with Gasteiger partial charge in [0.25, 0.3) is 0 Å². The number of methoxy groups -OCH3 is 1. The fraction of sp³-hybridized carbons (Fsp3) is 0.235. The molecule has 4 nitrogen and oxygen atoms in total. The predicted octanol–water partition coefficient (Wildman–Crippen LogP) is 4.10. The summed E-state index contributed by atoms with van der Waals surface area (Å²) in [5.41, 5.74) is 2.62. The van der Waals surface area contributed by atoms with Gasteiger partial charge in [0.15, 0.2) is 0 Å². The number of carbonyl (C=O) groups is 1. The first kappa shape index (κ1) is 16.2. The number of anilines is 2. The van der Waals surface area contributed by atoms with Gasteiger partial charge in [0.2, 0.25) is 5.91 Å². The molecular formula is C17H19ClN2O2. The molecule has 2 N–H and O–H groups in total. The van der Waals surface area contributed by atoms with Crippen LogP contribution in [0.2, 0.25) is 5.02 Å². The highest BCUT2D eigenvalue weighted by Gasteiger charge is 2.13. The SMILES string of the molecule is COc1ccc(NC(=O)[C@@H](C)Nc2ccc(Cl)cc2C)cc1. The molecule has 0 radical (unpaired) electrons. The van der Waals surface area contributed by atoms with Crippen LogP contribution in [0.15, 0.2) is 42.5 Å². The molecule has 2 aromatic rings. The quantitative estimate of drug-likeness (QED) is 0.872. The molecule has 116 valence electrons. The monoisotopic (exact) mass is 318 g/mol. The van der Waals surface area contributed by atoms with Crippen LogP contribution in [-0.4, -0.2) is 19.1 Å². The highest BCUT2D eigenvalue weighted by molar-refractivity contribution is 6.30. The minimum Gasteiger partial charge on any atom is -0.497 e. The molecule has 2 rings (SSSR count). The third-order valence-electron chi connectivity index (χ3n) is 3.31. The summed E-state index contributed by atoms with van der Waals surface area (Å²) in [4.78, 5) is 12.2. The molecule has 22 heavy (non-hydrogen) atoms. The highest BCUT2D eigenvalue weighted by Crippen LogP contribution is 2.21. The van der Waals surface area contributed by atoms with Crippen molar-refractivity contribution in [2.24, 2.45) is 0 Å². The number of hydrogen-bond acceptors (Lipinski definition) is 3. The second-order valence-electron chi connectivity index (χ2n) is 5.04. The number of nitrogens with one attached hydrogen (secondary N) is 2. The van der Waals surface area contributed by atoms with Crippen molar-refractivity contribution < 1.29 is 9.53 Å². The second kappa shape index (κ2) is 7.18. The molecule has 5 heteroatoms. The Bertz CT molecular complexity index is 656. The summed E-state index contributed by atoms with van der Waals surface area (Å²) in [5.74, 6) is 0.639. The lowest BCUT2D eigenvalue weighted by molar-refractivity contribution is -0.116. The van der Waals surface area contributed by atoms with E-state index in [0.29, 0.717) is 5.02 Å². The van der Waals surface area contributed by atoms with E-state index in [9.17, 15) is 4.79 Å². The third-order valence-corrected chi connectivity index (χ3v) is 3.55. The Kier molecular flexibility index (Phi) is 5.28. The Labute approximate surface area is 135 Å². The summed E-state index contributed by atoms with van der Waals surface area (Å²) >= 11 is 5.93. The lowest BCUT2D eigenvalue weighted by Crippen LogP contribution is -2.32. The number of carbonyl (C=O) groups excluding carboxylic acids is 1. The van der Waals surface area contributed by atoms with Crippen molar-refractivity contribution in [3.63, 3.8) is 0 Å². The van der Waals surface area contributed by atoms with Crippen molar-refractivity contribution in [1.29, 1.82) is 0 Å². The van der Waals surface area contributed by atoms with Gasteiger partial charge in [-0.25, -0.2) is 0 Å². The van der Waals surface area contributed by atoms with E-state index in [1.807, 2.05) is 26.0 Å². The van der Waals surface area contributed by atoms with Crippen LogP contribution in [0.1, 0.15) is 12.5 Å². The molecule has 0 unspecified atom stereocenters. The lowest BCUT2D eigenvalue weighted by atomic mass is 10.1. The van der Waals surface area contributed by atoms with Gasteiger partial charge >= 0.3 is 0 Å². The third kappa shape index (κ3) is 4.15. The Morgan fingerprint density at radius 2 is 1.86 bits per heavy atom. The van der Waals surface area contributed by atoms with Crippen molar-refractivity contribution in [1.82, 2.24) is 0 Å². The van der Waals surface area contributed by atoms with Crippen molar-refractivity contribution in [2.45, 2.75) is 19.9 Å². The zero-order valence-electron chi connectivity index (χ0n) is 12.8. The number of rotatable bonds is 5. The molecule has 0 saturated heterocycles. The molecular weight excluding hydrogens is 300 g/mol. The van der Waals surface area contributed by atoms with E-state index in [-0.39, 0.29) is 11.9 Å². The van der Waals surface area contributed by atoms with Crippen LogP contribution in [-0.2, 0) is 4.79 Å². The Morgan fingerprint density at radius 1 is 1.18 bits per heavy atom. The zero-order chi connectivity index (χ0) is 16.1. The summed E-state index contributed by atoms with van der Waals surface area (Å²) in [5, 5.41) is 6.72. The average Bonchev–Trinajstić information content (AvgIpc) is 2.50. The van der Waals surface area contributed by atoms with Crippen molar-refractivity contribution >= 4 is 28.9 Å². The first-order valence-electron chi connectivity index (χ1n) is 6.97. The van der Waals surface area contributed by atoms with Crippen LogP contribution in [0.3, 0.4) is 0 Å². The van der Waals surface area contributed by atoms with Crippen LogP contribution in [0.25, 0.3) is 0 Å². The van der Waals surface area contributed by atoms with Gasteiger partial charge in [-0.05, 0) is 61.9 Å². The maximum atomic E-state index is 12.2. The maximum Gasteiger partial charge on any atom is 0.246 e. The molecule has 1 amide bonds. The molecule has 0 saturated carbocycles. The van der Waals surface area contributed by atoms with E-state index in [1.54, 1.807) is 37.4 Å². The number of halogens is 1. The van der Waals surface area contributed by atoms with E-state index < -0.39 is 0 Å². The Hall–Kier alpha value is -2.20. The van der Waals surface area contributed by atoms with Gasteiger partial charge in [-0.2, -0.15) is 0 Å². The molecule has 1 atom stereocenters. The first-order valence-corrected chi connectivity index (χ1v) is 7.35. The van der Waals surface area contributed by atoms with Gasteiger partial charge < -0.3 is 15.4 Å². The normalized spacial score (nSPS) is 11.6. The van der Waals surface area contributed by atoms with Gasteiger partial charge in [-0.3, -0.25) is 4.79 Å². The van der Waals surface area contributed by atoms with Crippen LogP contribution in [0, 0.1) is 6.92 Å². The summed E-state index contributed by atoms with van der Waals surface area (Å²) in [6, 6.07) is 12.4. The second-order valence-corrected chi connectivity index (χ2v) is 5.48. The lowest BCUT2D eigenvalue weighted by Gasteiger charge is -2.17. The summed E-state index contributed by atoms with van der Waals surface area (Å²) in [6.45, 7) is 3.76. The minimum atomic E-state index is -0.373. The zero-order valence-corrected chi connectivity index (χ0v) is 13.6. The summed E-state index contributed by atoms with van der Waals surface area (Å²) in [6.07, 6.45) is 0. The molecule has 2 aromatic carbocycles. The van der Waals surface area contributed by atoms with E-state index in [4.69, 9.17) is 16.3 Å². The number of amides is 1. The van der Waals surface area contributed by atoms with Crippen LogP contribution < -0.4 is 15.4 Å². The van der Waals surface area contributed by atoms with E-state index in [1.165, 1.54) is 0 Å². The van der Waals surface area contributed by atoms with Gasteiger partial charge in [0.1, 0.15) is 11.8 Å². The van der Waals surface area contributed by atoms with Crippen LogP contribution >= 0.6 is 11.6 Å². The minimum absolute atomic E-state index is 0.112. The molecule has 0 fully saturated rings. The average molecular weight is 319 g/mol. The van der Waals surface area contributed by atoms with Gasteiger partial charge in [-0.15, -0.1) is 0 Å². The Balaban J connectivity index is 1.99. The molecule has 0 aliphatic rings. The largest absolute Gasteiger partial charge is 0.497 e. The maximum absolute atomic E-state index is 12.2. The van der Waals surface area contributed by atoms with Crippen LogP contribution in [0.5, 0.6) is 5.75 Å². The van der Waals surface area contributed by atoms with E-state index >= 15 is 0 Å². The van der Waals surface area contributed by atoms with Crippen molar-refractivity contribution in [3.05, 3.63) is 53.1 Å². The van der Waals surface area contributed by atoms with E-state index in [0.717, 1.165) is 22.7 Å². The topological polar surface area (TPSA) is 50.4 Å². The predicted molar refractivity (Wildman–Crippen MR) is 90.9 cm³/mol. The number of aryl methyl sites for hydroxylation is 1. The smallest absolute Gasteiger partial charge is 0.246 e. The number of hydrogen-bond donors (Lipinski definition) is 2. The van der Waals surface area contributed by atoms with Crippen molar-refractivity contribution in [2.75, 3.05) is 17.7 Å². The molecule has 0 spiro atoms. The van der Waals surface area contributed by atoms with Crippen LogP contribution in [0.4, 0.5) is 11.4 Å². The molecule has 0 heterocycles. The Morgan fingerprint density at radius 3 is 2.45 bits per heavy atom. The first-order chi connectivity index (χ1) is 10.5. The van der Waals surface area contributed by atoms with Gasteiger partial charge in [-0.1, -0.05) is 11.6 Å². The number of benzene rings is 2.